The fraction of sp³-hybridized carbons (Fsp3) is 0.529. The maximum Gasteiger partial charge on any atom is 0.153 e. The number of fused-ring (bicyclic) bond motifs is 1. The van der Waals surface area contributed by atoms with Crippen LogP contribution in [0.5, 0.6) is 5.75 Å². The third-order valence-corrected chi connectivity index (χ3v) is 4.09. The Morgan fingerprint density at radius 1 is 1.29 bits per heavy atom. The number of aldehydes is 1. The second-order valence-corrected chi connectivity index (χ2v) is 6.13. The molecular weight excluding hydrogens is 264 g/mol. The molecule has 0 bridgehead atoms. The summed E-state index contributed by atoms with van der Waals surface area (Å²) in [4.78, 5) is 11.3. The van der Waals surface area contributed by atoms with Gasteiger partial charge in [0.15, 0.2) is 6.29 Å². The van der Waals surface area contributed by atoms with Gasteiger partial charge >= 0.3 is 0 Å². The SMILES string of the molecule is CC(C)Oc1cc2nn(C3CCCCC3)cc2cc1C=O. The first-order valence-corrected chi connectivity index (χ1v) is 7.82. The molecule has 0 unspecified atom stereocenters. The molecule has 0 N–H and O–H groups in total. The van der Waals surface area contributed by atoms with Crippen molar-refractivity contribution < 1.29 is 9.53 Å². The van der Waals surface area contributed by atoms with Gasteiger partial charge in [-0.3, -0.25) is 9.48 Å². The summed E-state index contributed by atoms with van der Waals surface area (Å²) in [5, 5.41) is 5.71. The van der Waals surface area contributed by atoms with E-state index < -0.39 is 0 Å². The number of hydrogen-bond acceptors (Lipinski definition) is 3. The Labute approximate surface area is 125 Å². The number of carbonyl (C=O) groups is 1. The van der Waals surface area contributed by atoms with Crippen LogP contribution in [0, 0.1) is 0 Å². The third-order valence-electron chi connectivity index (χ3n) is 4.09. The molecule has 4 heteroatoms. The zero-order chi connectivity index (χ0) is 14.8. The minimum absolute atomic E-state index is 0.0431. The van der Waals surface area contributed by atoms with Gasteiger partial charge in [0, 0.05) is 17.6 Å². The minimum Gasteiger partial charge on any atom is -0.490 e. The van der Waals surface area contributed by atoms with Gasteiger partial charge in [-0.15, -0.1) is 0 Å². The Morgan fingerprint density at radius 3 is 2.71 bits per heavy atom. The zero-order valence-corrected chi connectivity index (χ0v) is 12.7. The summed E-state index contributed by atoms with van der Waals surface area (Å²) < 4.78 is 7.80. The van der Waals surface area contributed by atoms with Gasteiger partial charge in [-0.25, -0.2) is 0 Å². The van der Waals surface area contributed by atoms with E-state index in [1.165, 1.54) is 32.1 Å². The van der Waals surface area contributed by atoms with Crippen LogP contribution in [0.15, 0.2) is 18.3 Å². The second kappa shape index (κ2) is 5.88. The molecule has 112 valence electrons. The number of ether oxygens (including phenoxy) is 1. The monoisotopic (exact) mass is 286 g/mol. The molecular formula is C17H22N2O2. The van der Waals surface area contributed by atoms with Crippen molar-refractivity contribution in [3.63, 3.8) is 0 Å². The van der Waals surface area contributed by atoms with Gasteiger partial charge < -0.3 is 4.74 Å². The first kappa shape index (κ1) is 14.1. The highest BCUT2D eigenvalue weighted by atomic mass is 16.5. The van der Waals surface area contributed by atoms with Gasteiger partial charge in [0.25, 0.3) is 0 Å². The number of benzene rings is 1. The van der Waals surface area contributed by atoms with E-state index in [-0.39, 0.29) is 6.10 Å². The van der Waals surface area contributed by atoms with Crippen LogP contribution in [-0.4, -0.2) is 22.2 Å². The highest BCUT2D eigenvalue weighted by Crippen LogP contribution is 2.31. The van der Waals surface area contributed by atoms with Gasteiger partial charge in [-0.2, -0.15) is 5.10 Å². The smallest absolute Gasteiger partial charge is 0.153 e. The topological polar surface area (TPSA) is 44.1 Å². The molecule has 0 spiro atoms. The van der Waals surface area contributed by atoms with Crippen LogP contribution in [-0.2, 0) is 0 Å². The van der Waals surface area contributed by atoms with Crippen molar-refractivity contribution in [3.8, 4) is 5.75 Å². The normalized spacial score (nSPS) is 16.5. The molecule has 0 atom stereocenters. The maximum atomic E-state index is 11.3. The largest absolute Gasteiger partial charge is 0.490 e. The van der Waals surface area contributed by atoms with Crippen molar-refractivity contribution in [1.29, 1.82) is 0 Å². The van der Waals surface area contributed by atoms with Crippen LogP contribution in [0.3, 0.4) is 0 Å². The Bertz CT molecular complexity index is 640. The Morgan fingerprint density at radius 2 is 2.05 bits per heavy atom. The first-order chi connectivity index (χ1) is 10.2. The predicted octanol–water partition coefficient (Wildman–Crippen LogP) is 4.14. The predicted molar refractivity (Wildman–Crippen MR) is 83.0 cm³/mol. The molecule has 2 aromatic rings. The van der Waals surface area contributed by atoms with E-state index in [0.29, 0.717) is 17.4 Å². The number of hydrogen-bond donors (Lipinski definition) is 0. The lowest BCUT2D eigenvalue weighted by atomic mass is 9.96. The highest BCUT2D eigenvalue weighted by molar-refractivity contribution is 5.90. The number of aromatic nitrogens is 2. The summed E-state index contributed by atoms with van der Waals surface area (Å²) in [5.41, 5.74) is 1.50. The standard InChI is InChI=1S/C17H22N2O2/c1-12(2)21-17-9-16-13(8-14(17)11-20)10-19(18-16)15-6-4-3-5-7-15/h8-12,15H,3-7H2,1-2H3. The molecule has 1 saturated carbocycles. The van der Waals surface area contributed by atoms with E-state index in [1.807, 2.05) is 26.0 Å². The number of rotatable bonds is 4. The molecule has 1 aromatic carbocycles. The zero-order valence-electron chi connectivity index (χ0n) is 12.7. The van der Waals surface area contributed by atoms with Crippen molar-refractivity contribution in [3.05, 3.63) is 23.9 Å². The van der Waals surface area contributed by atoms with Crippen LogP contribution >= 0.6 is 0 Å². The van der Waals surface area contributed by atoms with Crippen molar-refractivity contribution in [2.24, 2.45) is 0 Å². The molecule has 4 nitrogen and oxygen atoms in total. The number of nitrogens with zero attached hydrogens (tertiary/aromatic N) is 2. The van der Waals surface area contributed by atoms with Crippen molar-refractivity contribution in [2.45, 2.75) is 58.1 Å². The average molecular weight is 286 g/mol. The van der Waals surface area contributed by atoms with E-state index in [0.717, 1.165) is 17.2 Å². The summed E-state index contributed by atoms with van der Waals surface area (Å²) in [5.74, 6) is 0.626. The molecule has 21 heavy (non-hydrogen) atoms. The highest BCUT2D eigenvalue weighted by Gasteiger charge is 2.17. The van der Waals surface area contributed by atoms with Crippen LogP contribution in [0.25, 0.3) is 10.9 Å². The molecule has 0 saturated heterocycles. The van der Waals surface area contributed by atoms with Crippen LogP contribution < -0.4 is 4.74 Å². The van der Waals surface area contributed by atoms with E-state index >= 15 is 0 Å². The molecule has 1 aliphatic carbocycles. The Hall–Kier alpha value is -1.84. The van der Waals surface area contributed by atoms with Gasteiger partial charge in [0.2, 0.25) is 0 Å². The van der Waals surface area contributed by atoms with Gasteiger partial charge in [-0.1, -0.05) is 19.3 Å². The van der Waals surface area contributed by atoms with E-state index in [2.05, 4.69) is 10.9 Å². The lowest BCUT2D eigenvalue weighted by molar-refractivity contribution is 0.111. The molecule has 1 fully saturated rings. The lowest BCUT2D eigenvalue weighted by Crippen LogP contribution is -2.12. The van der Waals surface area contributed by atoms with E-state index in [9.17, 15) is 4.79 Å². The fourth-order valence-electron chi connectivity index (χ4n) is 3.07. The van der Waals surface area contributed by atoms with Crippen molar-refractivity contribution >= 4 is 17.2 Å². The molecule has 1 aliphatic rings. The van der Waals surface area contributed by atoms with Crippen LogP contribution in [0.2, 0.25) is 0 Å². The molecule has 0 radical (unpaired) electrons. The van der Waals surface area contributed by atoms with Crippen molar-refractivity contribution in [2.75, 3.05) is 0 Å². The minimum atomic E-state index is 0.0431. The van der Waals surface area contributed by atoms with Crippen LogP contribution in [0.1, 0.15) is 62.4 Å². The van der Waals surface area contributed by atoms with Gasteiger partial charge in [-0.05, 0) is 32.8 Å². The van der Waals surface area contributed by atoms with E-state index in [4.69, 9.17) is 9.84 Å². The third kappa shape index (κ3) is 2.94. The second-order valence-electron chi connectivity index (χ2n) is 6.13. The van der Waals surface area contributed by atoms with Crippen LogP contribution in [0.4, 0.5) is 0 Å². The van der Waals surface area contributed by atoms with Crippen molar-refractivity contribution in [1.82, 2.24) is 9.78 Å². The summed E-state index contributed by atoms with van der Waals surface area (Å²) in [6, 6.07) is 4.27. The summed E-state index contributed by atoms with van der Waals surface area (Å²) in [6.45, 7) is 3.92. The molecule has 1 aromatic heterocycles. The molecule has 0 aliphatic heterocycles. The lowest BCUT2D eigenvalue weighted by Gasteiger charge is -2.21. The Kier molecular flexibility index (Phi) is 3.95. The molecule has 3 rings (SSSR count). The maximum absolute atomic E-state index is 11.3. The first-order valence-electron chi connectivity index (χ1n) is 7.82. The fourth-order valence-corrected chi connectivity index (χ4v) is 3.07. The summed E-state index contributed by atoms with van der Waals surface area (Å²) in [7, 11) is 0. The Balaban J connectivity index is 1.98. The summed E-state index contributed by atoms with van der Waals surface area (Å²) >= 11 is 0. The molecule has 0 amide bonds. The van der Waals surface area contributed by atoms with Gasteiger partial charge in [0.05, 0.1) is 23.2 Å². The number of carbonyl (C=O) groups excluding carboxylic acids is 1. The quantitative estimate of drug-likeness (QED) is 0.793. The van der Waals surface area contributed by atoms with Gasteiger partial charge in [0.1, 0.15) is 5.75 Å². The molecule has 1 heterocycles. The average Bonchev–Trinajstić information content (AvgIpc) is 2.89. The summed E-state index contributed by atoms with van der Waals surface area (Å²) in [6.07, 6.45) is 9.26. The van der Waals surface area contributed by atoms with E-state index in [1.54, 1.807) is 0 Å².